The number of hydrogen-bond acceptors (Lipinski definition) is 2. The molecule has 3 rings (SSSR count). The molecule has 0 bridgehead atoms. The van der Waals surface area contributed by atoms with Gasteiger partial charge in [-0.25, -0.2) is 0 Å². The first-order valence-electron chi connectivity index (χ1n) is 8.32. The van der Waals surface area contributed by atoms with Crippen molar-refractivity contribution in [3.05, 3.63) is 35.4 Å². The summed E-state index contributed by atoms with van der Waals surface area (Å²) in [6.07, 6.45) is 5.10. The van der Waals surface area contributed by atoms with Gasteiger partial charge in [0, 0.05) is 19.6 Å². The van der Waals surface area contributed by atoms with Crippen LogP contribution in [-0.2, 0) is 17.6 Å². The lowest BCUT2D eigenvalue weighted by Crippen LogP contribution is -2.52. The van der Waals surface area contributed by atoms with Crippen molar-refractivity contribution in [2.24, 2.45) is 5.41 Å². The number of amides is 1. The normalized spacial score (nSPS) is 26.0. The van der Waals surface area contributed by atoms with Gasteiger partial charge in [-0.1, -0.05) is 31.2 Å². The van der Waals surface area contributed by atoms with Crippen LogP contribution in [-0.4, -0.2) is 37.0 Å². The molecule has 21 heavy (non-hydrogen) atoms. The number of rotatable bonds is 2. The number of fused-ring (bicyclic) bond motifs is 1. The van der Waals surface area contributed by atoms with E-state index in [2.05, 4.69) is 41.4 Å². The minimum absolute atomic E-state index is 0.158. The van der Waals surface area contributed by atoms with E-state index in [0.29, 0.717) is 5.91 Å². The van der Waals surface area contributed by atoms with E-state index in [1.165, 1.54) is 11.1 Å². The molecule has 1 amide bonds. The quantitative estimate of drug-likeness (QED) is 0.905. The highest BCUT2D eigenvalue weighted by atomic mass is 16.2. The summed E-state index contributed by atoms with van der Waals surface area (Å²) in [4.78, 5) is 15.2. The van der Waals surface area contributed by atoms with Gasteiger partial charge in [0.15, 0.2) is 0 Å². The fraction of sp³-hybridized carbons (Fsp3) is 0.611. The molecule has 1 atom stereocenters. The molecule has 1 fully saturated rings. The third-order valence-electron chi connectivity index (χ3n) is 5.31. The highest BCUT2D eigenvalue weighted by Crippen LogP contribution is 2.33. The molecule has 0 saturated carbocycles. The van der Waals surface area contributed by atoms with Crippen molar-refractivity contribution in [1.29, 1.82) is 0 Å². The Morgan fingerprint density at radius 2 is 1.90 bits per heavy atom. The molecule has 3 nitrogen and oxygen atoms in total. The fourth-order valence-corrected chi connectivity index (χ4v) is 3.81. The molecule has 1 N–H and O–H groups in total. The van der Waals surface area contributed by atoms with Crippen LogP contribution < -0.4 is 5.32 Å². The molecule has 2 heterocycles. The Bertz CT molecular complexity index is 479. The molecule has 0 radical (unpaired) electrons. The van der Waals surface area contributed by atoms with Gasteiger partial charge in [-0.05, 0) is 49.8 Å². The Hall–Kier alpha value is -1.35. The summed E-state index contributed by atoms with van der Waals surface area (Å²) in [5.74, 6) is 0.380. The van der Waals surface area contributed by atoms with Crippen LogP contribution in [0.25, 0.3) is 0 Å². The average molecular weight is 286 g/mol. The number of carbonyl (C=O) groups excluding carboxylic acids is 1. The topological polar surface area (TPSA) is 32.3 Å². The zero-order chi connectivity index (χ0) is 14.7. The Balaban J connectivity index is 1.74. The number of nitrogens with zero attached hydrogens (tertiary/aromatic N) is 1. The highest BCUT2D eigenvalue weighted by molar-refractivity contribution is 5.83. The van der Waals surface area contributed by atoms with Crippen LogP contribution in [0.2, 0.25) is 0 Å². The van der Waals surface area contributed by atoms with E-state index in [0.717, 1.165) is 58.3 Å². The molecule has 0 aromatic heterocycles. The monoisotopic (exact) mass is 286 g/mol. The molecule has 114 valence electrons. The van der Waals surface area contributed by atoms with Crippen molar-refractivity contribution in [1.82, 2.24) is 10.2 Å². The third kappa shape index (κ3) is 2.84. The smallest absolute Gasteiger partial charge is 0.230 e. The zero-order valence-electron chi connectivity index (χ0n) is 13.0. The van der Waals surface area contributed by atoms with Gasteiger partial charge >= 0.3 is 0 Å². The molecular formula is C18H26N2O. The number of benzene rings is 1. The van der Waals surface area contributed by atoms with E-state index in [1.54, 1.807) is 0 Å². The van der Waals surface area contributed by atoms with Crippen LogP contribution in [0, 0.1) is 5.41 Å². The number of nitrogens with one attached hydrogen (secondary N) is 1. The van der Waals surface area contributed by atoms with Crippen molar-refractivity contribution in [2.75, 3.05) is 26.2 Å². The van der Waals surface area contributed by atoms with Crippen LogP contribution in [0.3, 0.4) is 0 Å². The van der Waals surface area contributed by atoms with Crippen molar-refractivity contribution >= 4 is 5.91 Å². The van der Waals surface area contributed by atoms with Crippen molar-refractivity contribution < 1.29 is 4.79 Å². The van der Waals surface area contributed by atoms with E-state index in [-0.39, 0.29) is 5.41 Å². The van der Waals surface area contributed by atoms with Gasteiger partial charge in [0.2, 0.25) is 5.91 Å². The van der Waals surface area contributed by atoms with Gasteiger partial charge in [0.05, 0.1) is 5.41 Å². The van der Waals surface area contributed by atoms with E-state index in [1.807, 2.05) is 0 Å². The SMILES string of the molecule is CCC1(C(=O)N2CCc3ccccc3CC2)CCCNC1. The molecule has 3 heteroatoms. The van der Waals surface area contributed by atoms with Gasteiger partial charge in [-0.15, -0.1) is 0 Å². The van der Waals surface area contributed by atoms with Gasteiger partial charge < -0.3 is 10.2 Å². The number of hydrogen-bond donors (Lipinski definition) is 1. The van der Waals surface area contributed by atoms with Gasteiger partial charge in [0.1, 0.15) is 0 Å². The molecule has 0 spiro atoms. The van der Waals surface area contributed by atoms with E-state index >= 15 is 0 Å². The van der Waals surface area contributed by atoms with Crippen LogP contribution in [0.5, 0.6) is 0 Å². The molecule has 1 unspecified atom stereocenters. The summed E-state index contributed by atoms with van der Waals surface area (Å²) in [5, 5.41) is 3.43. The summed E-state index contributed by atoms with van der Waals surface area (Å²) in [5.41, 5.74) is 2.68. The predicted octanol–water partition coefficient (Wildman–Crippen LogP) is 2.39. The van der Waals surface area contributed by atoms with Crippen LogP contribution in [0.15, 0.2) is 24.3 Å². The third-order valence-corrected chi connectivity index (χ3v) is 5.31. The summed E-state index contributed by atoms with van der Waals surface area (Å²) >= 11 is 0. The molecule has 1 saturated heterocycles. The molecular weight excluding hydrogens is 260 g/mol. The molecule has 1 aromatic rings. The minimum Gasteiger partial charge on any atom is -0.342 e. The van der Waals surface area contributed by atoms with E-state index in [9.17, 15) is 4.79 Å². The predicted molar refractivity (Wildman–Crippen MR) is 85.3 cm³/mol. The van der Waals surface area contributed by atoms with Gasteiger partial charge in [-0.3, -0.25) is 4.79 Å². The van der Waals surface area contributed by atoms with Crippen molar-refractivity contribution in [2.45, 2.75) is 39.0 Å². The maximum Gasteiger partial charge on any atom is 0.230 e. The van der Waals surface area contributed by atoms with Crippen LogP contribution in [0.1, 0.15) is 37.3 Å². The van der Waals surface area contributed by atoms with Crippen LogP contribution in [0.4, 0.5) is 0 Å². The Morgan fingerprint density at radius 1 is 1.24 bits per heavy atom. The minimum atomic E-state index is -0.158. The van der Waals surface area contributed by atoms with E-state index in [4.69, 9.17) is 0 Å². The number of piperidine rings is 1. The maximum atomic E-state index is 13.1. The second-order valence-corrected chi connectivity index (χ2v) is 6.48. The fourth-order valence-electron chi connectivity index (χ4n) is 3.81. The second kappa shape index (κ2) is 6.18. The van der Waals surface area contributed by atoms with E-state index < -0.39 is 0 Å². The Labute approximate surface area is 127 Å². The first-order valence-corrected chi connectivity index (χ1v) is 8.32. The lowest BCUT2D eigenvalue weighted by Gasteiger charge is -2.39. The van der Waals surface area contributed by atoms with Crippen LogP contribution >= 0.6 is 0 Å². The summed E-state index contributed by atoms with van der Waals surface area (Å²) in [7, 11) is 0. The maximum absolute atomic E-state index is 13.1. The standard InChI is InChI=1S/C18H26N2O/c1-2-18(10-5-11-19-14-18)17(21)20-12-8-15-6-3-4-7-16(15)9-13-20/h3-4,6-7,19H,2,5,8-14H2,1H3. The highest BCUT2D eigenvalue weighted by Gasteiger charge is 2.40. The molecule has 1 aromatic carbocycles. The summed E-state index contributed by atoms with van der Waals surface area (Å²) in [6, 6.07) is 8.63. The molecule has 2 aliphatic heterocycles. The lowest BCUT2D eigenvalue weighted by atomic mass is 9.77. The van der Waals surface area contributed by atoms with Crippen molar-refractivity contribution in [3.8, 4) is 0 Å². The number of carbonyl (C=O) groups is 1. The lowest BCUT2D eigenvalue weighted by molar-refractivity contribution is -0.143. The first-order chi connectivity index (χ1) is 10.2. The average Bonchev–Trinajstić information content (AvgIpc) is 2.77. The molecule has 2 aliphatic rings. The van der Waals surface area contributed by atoms with Gasteiger partial charge in [-0.2, -0.15) is 0 Å². The summed E-state index contributed by atoms with van der Waals surface area (Å²) < 4.78 is 0. The largest absolute Gasteiger partial charge is 0.342 e. The Kier molecular flexibility index (Phi) is 4.29. The van der Waals surface area contributed by atoms with Gasteiger partial charge in [0.25, 0.3) is 0 Å². The summed E-state index contributed by atoms with van der Waals surface area (Å²) in [6.45, 7) is 5.82. The first kappa shape index (κ1) is 14.6. The van der Waals surface area contributed by atoms with Crippen molar-refractivity contribution in [3.63, 3.8) is 0 Å². The Morgan fingerprint density at radius 3 is 2.43 bits per heavy atom. The zero-order valence-corrected chi connectivity index (χ0v) is 13.0. The molecule has 0 aliphatic carbocycles. The second-order valence-electron chi connectivity index (χ2n) is 6.48.